The van der Waals surface area contributed by atoms with E-state index in [4.69, 9.17) is 11.6 Å². The number of amides is 1. The summed E-state index contributed by atoms with van der Waals surface area (Å²) in [5.41, 5.74) is 2.28. The molecule has 1 aromatic heterocycles. The first-order valence-corrected chi connectivity index (χ1v) is 9.70. The summed E-state index contributed by atoms with van der Waals surface area (Å²) in [6.07, 6.45) is 6.55. The van der Waals surface area contributed by atoms with Gasteiger partial charge in [0.05, 0.1) is 6.42 Å². The van der Waals surface area contributed by atoms with E-state index in [1.165, 1.54) is 12.0 Å². The Balaban J connectivity index is 1.42. The molecule has 0 unspecified atom stereocenters. The van der Waals surface area contributed by atoms with Crippen molar-refractivity contribution < 1.29 is 4.79 Å². The molecule has 4 heterocycles. The van der Waals surface area contributed by atoms with Crippen LogP contribution in [0.4, 0.5) is 0 Å². The van der Waals surface area contributed by atoms with Crippen LogP contribution in [0, 0.1) is 5.92 Å². The molecule has 3 aliphatic heterocycles. The van der Waals surface area contributed by atoms with Crippen LogP contribution in [0.3, 0.4) is 0 Å². The third kappa shape index (κ3) is 4.08. The summed E-state index contributed by atoms with van der Waals surface area (Å²) in [4.78, 5) is 21.8. The van der Waals surface area contributed by atoms with Crippen LogP contribution in [0.1, 0.15) is 24.0 Å². The van der Waals surface area contributed by atoms with E-state index in [1.54, 1.807) is 0 Å². The lowest BCUT2D eigenvalue weighted by atomic mass is 9.94. The van der Waals surface area contributed by atoms with Gasteiger partial charge in [-0.25, -0.2) is 0 Å². The van der Waals surface area contributed by atoms with Gasteiger partial charge in [-0.15, -0.1) is 0 Å². The molecule has 3 saturated heterocycles. The van der Waals surface area contributed by atoms with E-state index in [0.29, 0.717) is 23.4 Å². The Morgan fingerprint density at radius 3 is 2.69 bits per heavy atom. The standard InChI is InChI=1S/C21H24ClN3O/c22-19-6-3-16(4-7-19)10-21(26)25-14-18-5-8-20(25)15-24(13-18)12-17-2-1-9-23-11-17/h1-4,6-7,9,11,18,20H,5,8,10,12-15H2/t18-,20+/m0/s1. The van der Waals surface area contributed by atoms with Crippen LogP contribution in [-0.4, -0.2) is 46.4 Å². The predicted octanol–water partition coefficient (Wildman–Crippen LogP) is 3.40. The van der Waals surface area contributed by atoms with Gasteiger partial charge in [0, 0.05) is 49.6 Å². The van der Waals surface area contributed by atoms with Crippen molar-refractivity contribution in [3.05, 3.63) is 64.9 Å². The van der Waals surface area contributed by atoms with Gasteiger partial charge in [-0.1, -0.05) is 29.8 Å². The van der Waals surface area contributed by atoms with Gasteiger partial charge >= 0.3 is 0 Å². The first-order valence-electron chi connectivity index (χ1n) is 9.32. The highest BCUT2D eigenvalue weighted by atomic mass is 35.5. The van der Waals surface area contributed by atoms with Crippen LogP contribution in [-0.2, 0) is 17.8 Å². The molecule has 0 spiro atoms. The summed E-state index contributed by atoms with van der Waals surface area (Å²) in [6.45, 7) is 3.83. The fourth-order valence-corrected chi connectivity index (χ4v) is 4.37. The molecule has 136 valence electrons. The summed E-state index contributed by atoms with van der Waals surface area (Å²) < 4.78 is 0. The van der Waals surface area contributed by atoms with Crippen molar-refractivity contribution in [3.63, 3.8) is 0 Å². The Morgan fingerprint density at radius 1 is 1.08 bits per heavy atom. The Hall–Kier alpha value is -1.91. The van der Waals surface area contributed by atoms with Crippen molar-refractivity contribution in [3.8, 4) is 0 Å². The van der Waals surface area contributed by atoms with Gasteiger partial charge in [-0.3, -0.25) is 14.7 Å². The van der Waals surface area contributed by atoms with Crippen LogP contribution in [0.5, 0.6) is 0 Å². The molecular formula is C21H24ClN3O. The summed E-state index contributed by atoms with van der Waals surface area (Å²) in [6, 6.07) is 12.1. The van der Waals surface area contributed by atoms with Gasteiger partial charge in [-0.05, 0) is 48.1 Å². The molecule has 5 rings (SSSR count). The fourth-order valence-electron chi connectivity index (χ4n) is 4.24. The first kappa shape index (κ1) is 17.5. The number of nitrogens with zero attached hydrogens (tertiary/aromatic N) is 3. The van der Waals surface area contributed by atoms with Crippen molar-refractivity contribution in [2.24, 2.45) is 5.92 Å². The maximum Gasteiger partial charge on any atom is 0.227 e. The Kier molecular flexibility index (Phi) is 5.23. The smallest absolute Gasteiger partial charge is 0.227 e. The van der Waals surface area contributed by atoms with Crippen molar-refractivity contribution in [1.82, 2.24) is 14.8 Å². The minimum Gasteiger partial charge on any atom is -0.338 e. The number of fused-ring (bicyclic) bond motifs is 4. The highest BCUT2D eigenvalue weighted by Gasteiger charge is 2.36. The summed E-state index contributed by atoms with van der Waals surface area (Å²) in [5.74, 6) is 0.810. The van der Waals surface area contributed by atoms with Gasteiger partial charge < -0.3 is 4.90 Å². The third-order valence-electron chi connectivity index (χ3n) is 5.51. The number of hydrogen-bond donors (Lipinski definition) is 0. The van der Waals surface area contributed by atoms with E-state index in [2.05, 4.69) is 20.9 Å². The fraction of sp³-hybridized carbons (Fsp3) is 0.429. The molecule has 4 nitrogen and oxygen atoms in total. The highest BCUT2D eigenvalue weighted by molar-refractivity contribution is 6.30. The summed E-state index contributed by atoms with van der Waals surface area (Å²) in [5, 5.41) is 0.709. The number of carbonyl (C=O) groups excluding carboxylic acids is 1. The molecule has 0 aliphatic carbocycles. The van der Waals surface area contributed by atoms with E-state index in [-0.39, 0.29) is 5.91 Å². The molecule has 2 bridgehead atoms. The number of carbonyl (C=O) groups is 1. The number of aromatic nitrogens is 1. The zero-order valence-corrected chi connectivity index (χ0v) is 15.6. The monoisotopic (exact) mass is 369 g/mol. The zero-order valence-electron chi connectivity index (χ0n) is 14.9. The Labute approximate surface area is 159 Å². The summed E-state index contributed by atoms with van der Waals surface area (Å²) in [7, 11) is 0. The van der Waals surface area contributed by atoms with Gasteiger partial charge in [0.15, 0.2) is 0 Å². The lowest BCUT2D eigenvalue weighted by molar-refractivity contribution is -0.134. The minimum atomic E-state index is 0.241. The molecule has 0 radical (unpaired) electrons. The van der Waals surface area contributed by atoms with Gasteiger partial charge in [0.2, 0.25) is 5.91 Å². The number of benzene rings is 1. The first-order chi connectivity index (χ1) is 12.7. The molecule has 0 N–H and O–H groups in total. The quantitative estimate of drug-likeness (QED) is 0.828. The normalized spacial score (nSPS) is 23.0. The molecule has 2 aromatic rings. The van der Waals surface area contributed by atoms with Crippen LogP contribution >= 0.6 is 11.6 Å². The van der Waals surface area contributed by atoms with Crippen molar-refractivity contribution in [1.29, 1.82) is 0 Å². The molecule has 2 atom stereocenters. The van der Waals surface area contributed by atoms with Gasteiger partial charge in [0.1, 0.15) is 0 Å². The molecule has 3 fully saturated rings. The molecule has 1 aromatic carbocycles. The molecular weight excluding hydrogens is 346 g/mol. The van der Waals surface area contributed by atoms with Crippen molar-refractivity contribution in [2.75, 3.05) is 19.6 Å². The average Bonchev–Trinajstić information content (AvgIpc) is 2.95. The molecule has 0 saturated carbocycles. The molecule has 1 amide bonds. The second-order valence-electron chi connectivity index (χ2n) is 7.50. The van der Waals surface area contributed by atoms with E-state index in [0.717, 1.165) is 38.2 Å². The topological polar surface area (TPSA) is 36.4 Å². The highest BCUT2D eigenvalue weighted by Crippen LogP contribution is 2.29. The Morgan fingerprint density at radius 2 is 1.92 bits per heavy atom. The van der Waals surface area contributed by atoms with Crippen LogP contribution in [0.2, 0.25) is 5.02 Å². The van der Waals surface area contributed by atoms with E-state index in [9.17, 15) is 4.79 Å². The van der Waals surface area contributed by atoms with Crippen LogP contribution in [0.15, 0.2) is 48.8 Å². The van der Waals surface area contributed by atoms with Crippen LogP contribution < -0.4 is 0 Å². The van der Waals surface area contributed by atoms with Gasteiger partial charge in [-0.2, -0.15) is 0 Å². The average molecular weight is 370 g/mol. The second-order valence-corrected chi connectivity index (χ2v) is 7.94. The molecule has 26 heavy (non-hydrogen) atoms. The molecule has 3 aliphatic rings. The number of halogens is 1. The SMILES string of the molecule is O=C(Cc1ccc(Cl)cc1)N1C[C@H]2CC[C@@H]1CN(Cc1cccnc1)C2. The number of hydrogen-bond acceptors (Lipinski definition) is 3. The second kappa shape index (κ2) is 7.77. The Bertz CT molecular complexity index is 750. The van der Waals surface area contributed by atoms with E-state index >= 15 is 0 Å². The van der Waals surface area contributed by atoms with Gasteiger partial charge in [0.25, 0.3) is 0 Å². The largest absolute Gasteiger partial charge is 0.338 e. The van der Waals surface area contributed by atoms with Crippen molar-refractivity contribution >= 4 is 17.5 Å². The van der Waals surface area contributed by atoms with E-state index < -0.39 is 0 Å². The van der Waals surface area contributed by atoms with Crippen LogP contribution in [0.25, 0.3) is 0 Å². The minimum absolute atomic E-state index is 0.241. The number of piperidine rings is 1. The third-order valence-corrected chi connectivity index (χ3v) is 5.76. The summed E-state index contributed by atoms with van der Waals surface area (Å²) >= 11 is 5.95. The number of pyridine rings is 1. The maximum absolute atomic E-state index is 12.9. The maximum atomic E-state index is 12.9. The van der Waals surface area contributed by atoms with Crippen molar-refractivity contribution in [2.45, 2.75) is 31.8 Å². The lowest BCUT2D eigenvalue weighted by Gasteiger charge is -2.36. The zero-order chi connectivity index (χ0) is 17.9. The predicted molar refractivity (Wildman–Crippen MR) is 103 cm³/mol. The molecule has 5 heteroatoms. The van der Waals surface area contributed by atoms with E-state index in [1.807, 2.05) is 42.7 Å². The number of rotatable bonds is 4. The lowest BCUT2D eigenvalue weighted by Crippen LogP contribution is -2.48.